The van der Waals surface area contributed by atoms with E-state index in [0.29, 0.717) is 35.0 Å². The molecule has 7 nitrogen and oxygen atoms in total. The van der Waals surface area contributed by atoms with Crippen LogP contribution in [-0.2, 0) is 10.0 Å². The van der Waals surface area contributed by atoms with Crippen molar-refractivity contribution in [2.24, 2.45) is 0 Å². The zero-order valence-electron chi connectivity index (χ0n) is 14.5. The number of sulfonamides is 1. The highest BCUT2D eigenvalue weighted by Gasteiger charge is 2.33. The van der Waals surface area contributed by atoms with Crippen LogP contribution in [0.25, 0.3) is 10.1 Å². The number of amides is 1. The average Bonchev–Trinajstić information content (AvgIpc) is 3.24. The molecule has 1 amide bonds. The summed E-state index contributed by atoms with van der Waals surface area (Å²) in [7, 11) is -3.72. The Morgan fingerprint density at radius 2 is 1.81 bits per heavy atom. The largest absolute Gasteiger partial charge is 0.335 e. The summed E-state index contributed by atoms with van der Waals surface area (Å²) in [5.41, 5.74) is 0.355. The minimum Gasteiger partial charge on any atom is -0.335 e. The van der Waals surface area contributed by atoms with Crippen molar-refractivity contribution in [1.29, 1.82) is 0 Å². The Hall–Kier alpha value is -2.01. The van der Waals surface area contributed by atoms with Crippen LogP contribution in [0.4, 0.5) is 0 Å². The summed E-state index contributed by atoms with van der Waals surface area (Å²) in [6.45, 7) is 2.65. The van der Waals surface area contributed by atoms with Crippen molar-refractivity contribution in [2.45, 2.75) is 11.1 Å². The summed E-state index contributed by atoms with van der Waals surface area (Å²) in [6, 6.07) is 9.70. The fourth-order valence-corrected chi connectivity index (χ4v) is 7.02. The van der Waals surface area contributed by atoms with Crippen LogP contribution < -0.4 is 4.87 Å². The molecule has 142 valence electrons. The molecule has 0 bridgehead atoms. The molecule has 0 spiro atoms. The van der Waals surface area contributed by atoms with Gasteiger partial charge in [-0.15, -0.1) is 11.3 Å². The lowest BCUT2D eigenvalue weighted by Crippen LogP contribution is -2.50. The van der Waals surface area contributed by atoms with Gasteiger partial charge in [0.25, 0.3) is 15.9 Å². The van der Waals surface area contributed by atoms with Crippen LogP contribution in [0.1, 0.15) is 15.4 Å². The van der Waals surface area contributed by atoms with E-state index in [4.69, 9.17) is 0 Å². The molecule has 10 heteroatoms. The molecule has 0 saturated carbocycles. The number of nitrogens with zero attached hydrogens (tertiary/aromatic N) is 2. The highest BCUT2D eigenvalue weighted by atomic mass is 32.2. The van der Waals surface area contributed by atoms with E-state index in [-0.39, 0.29) is 28.1 Å². The molecule has 1 N–H and O–H groups in total. The van der Waals surface area contributed by atoms with Gasteiger partial charge in [-0.05, 0) is 24.4 Å². The first-order chi connectivity index (χ1) is 12.9. The summed E-state index contributed by atoms with van der Waals surface area (Å²) >= 11 is 2.15. The molecule has 1 aliphatic heterocycles. The quantitative estimate of drug-likeness (QED) is 0.699. The average molecular weight is 424 g/mol. The van der Waals surface area contributed by atoms with Gasteiger partial charge in [0.1, 0.15) is 0 Å². The van der Waals surface area contributed by atoms with Crippen LogP contribution >= 0.6 is 22.7 Å². The van der Waals surface area contributed by atoms with Gasteiger partial charge in [-0.1, -0.05) is 29.5 Å². The van der Waals surface area contributed by atoms with Crippen LogP contribution in [0.5, 0.6) is 0 Å². The Labute approximate surface area is 163 Å². The molecule has 0 unspecified atom stereocenters. The smallest absolute Gasteiger partial charge is 0.305 e. The summed E-state index contributed by atoms with van der Waals surface area (Å²) in [5.74, 6) is -0.0734. The zero-order chi connectivity index (χ0) is 19.2. The van der Waals surface area contributed by atoms with Gasteiger partial charge in [0.2, 0.25) is 0 Å². The fourth-order valence-electron chi connectivity index (χ4n) is 3.13. The van der Waals surface area contributed by atoms with Crippen LogP contribution in [-0.4, -0.2) is 54.7 Å². The van der Waals surface area contributed by atoms with Gasteiger partial charge < -0.3 is 9.88 Å². The summed E-state index contributed by atoms with van der Waals surface area (Å²) in [6.07, 6.45) is 0. The minimum atomic E-state index is -3.72. The molecule has 0 atom stereocenters. The third kappa shape index (κ3) is 3.33. The molecule has 1 fully saturated rings. The number of H-pyrrole nitrogens is 1. The van der Waals surface area contributed by atoms with Crippen molar-refractivity contribution in [3.63, 3.8) is 0 Å². The van der Waals surface area contributed by atoms with Gasteiger partial charge in [-0.25, -0.2) is 8.42 Å². The first kappa shape index (κ1) is 18.4. The topological polar surface area (TPSA) is 90.5 Å². The van der Waals surface area contributed by atoms with Crippen LogP contribution in [0, 0.1) is 6.92 Å². The molecule has 1 aromatic carbocycles. The van der Waals surface area contributed by atoms with Crippen molar-refractivity contribution in [3.05, 3.63) is 50.6 Å². The van der Waals surface area contributed by atoms with E-state index in [0.717, 1.165) is 10.1 Å². The second kappa shape index (κ2) is 6.86. The lowest BCUT2D eigenvalue weighted by molar-refractivity contribution is 0.0703. The van der Waals surface area contributed by atoms with Gasteiger partial charge in [0, 0.05) is 36.6 Å². The number of hydrogen-bond acceptors (Lipinski definition) is 6. The number of aromatic amines is 1. The van der Waals surface area contributed by atoms with E-state index in [9.17, 15) is 18.0 Å². The number of aryl methyl sites for hydroxylation is 1. The van der Waals surface area contributed by atoms with Crippen molar-refractivity contribution in [2.75, 3.05) is 26.2 Å². The monoisotopic (exact) mass is 423 g/mol. The van der Waals surface area contributed by atoms with E-state index < -0.39 is 10.0 Å². The molecule has 27 heavy (non-hydrogen) atoms. The van der Waals surface area contributed by atoms with Crippen molar-refractivity contribution in [1.82, 2.24) is 14.2 Å². The second-order valence-corrected chi connectivity index (χ2v) is 10.5. The first-order valence-corrected chi connectivity index (χ1v) is 11.4. The summed E-state index contributed by atoms with van der Waals surface area (Å²) in [5, 5.41) is 1.03. The molecule has 2 aromatic heterocycles. The van der Waals surface area contributed by atoms with E-state index >= 15 is 0 Å². The Bertz CT molecular complexity index is 1130. The number of carbonyl (C=O) groups excluding carboxylic acids is 1. The number of piperazine rings is 1. The van der Waals surface area contributed by atoms with E-state index in [1.54, 1.807) is 11.8 Å². The van der Waals surface area contributed by atoms with Gasteiger partial charge in [0.05, 0.1) is 4.88 Å². The Morgan fingerprint density at radius 3 is 2.44 bits per heavy atom. The number of carbonyl (C=O) groups is 1. The number of fused-ring (bicyclic) bond motifs is 1. The highest BCUT2D eigenvalue weighted by molar-refractivity contribution is 7.91. The van der Waals surface area contributed by atoms with Gasteiger partial charge in [-0.2, -0.15) is 4.31 Å². The number of hydrogen-bond donors (Lipinski definition) is 1. The lowest BCUT2D eigenvalue weighted by Gasteiger charge is -2.33. The molecule has 4 rings (SSSR count). The molecule has 3 heterocycles. The van der Waals surface area contributed by atoms with E-state index in [1.807, 2.05) is 30.3 Å². The number of rotatable bonds is 3. The highest BCUT2D eigenvalue weighted by Crippen LogP contribution is 2.27. The maximum Gasteiger partial charge on any atom is 0.305 e. The summed E-state index contributed by atoms with van der Waals surface area (Å²) < 4.78 is 28.0. The minimum absolute atomic E-state index is 0.0526. The predicted octanol–water partition coefficient (Wildman–Crippen LogP) is 2.11. The second-order valence-electron chi connectivity index (χ2n) is 6.27. The zero-order valence-corrected chi connectivity index (χ0v) is 16.9. The Morgan fingerprint density at radius 1 is 1.11 bits per heavy atom. The van der Waals surface area contributed by atoms with Crippen LogP contribution in [0.15, 0.2) is 39.3 Å². The number of aromatic nitrogens is 1. The van der Waals surface area contributed by atoms with Crippen LogP contribution in [0.2, 0.25) is 0 Å². The summed E-state index contributed by atoms with van der Waals surface area (Å²) in [4.78, 5) is 28.7. The number of thiazole rings is 1. The first-order valence-electron chi connectivity index (χ1n) is 8.34. The van der Waals surface area contributed by atoms with Gasteiger partial charge in [-0.3, -0.25) is 9.59 Å². The standard InChI is InChI=1S/C17H17N3O4S3/c1-11-16(26-17(22)18-11)27(23,24)20-8-6-19(7-9-20)15(21)14-10-12-4-2-3-5-13(12)25-14/h2-5,10H,6-9H2,1H3,(H,18,22). The molecule has 1 saturated heterocycles. The normalized spacial score (nSPS) is 16.1. The van der Waals surface area contributed by atoms with Crippen molar-refractivity contribution >= 4 is 48.7 Å². The van der Waals surface area contributed by atoms with E-state index in [1.165, 1.54) is 15.6 Å². The van der Waals surface area contributed by atoms with Crippen molar-refractivity contribution in [3.8, 4) is 0 Å². The number of nitrogens with one attached hydrogen (secondary N) is 1. The van der Waals surface area contributed by atoms with Gasteiger partial charge >= 0.3 is 4.87 Å². The van der Waals surface area contributed by atoms with E-state index in [2.05, 4.69) is 4.98 Å². The van der Waals surface area contributed by atoms with Crippen molar-refractivity contribution < 1.29 is 13.2 Å². The molecule has 0 aliphatic carbocycles. The lowest BCUT2D eigenvalue weighted by atomic mass is 10.2. The third-order valence-electron chi connectivity index (χ3n) is 4.52. The number of thiophene rings is 1. The SMILES string of the molecule is Cc1[nH]c(=O)sc1S(=O)(=O)N1CCN(C(=O)c2cc3ccccc3s2)CC1. The molecular weight excluding hydrogens is 406 g/mol. The third-order valence-corrected chi connectivity index (χ3v) is 9.10. The predicted molar refractivity (Wildman–Crippen MR) is 106 cm³/mol. The molecule has 3 aromatic rings. The maximum absolute atomic E-state index is 12.8. The van der Waals surface area contributed by atoms with Crippen LogP contribution in [0.3, 0.4) is 0 Å². The Balaban J connectivity index is 1.49. The Kier molecular flexibility index (Phi) is 4.66. The van der Waals surface area contributed by atoms with Gasteiger partial charge in [0.15, 0.2) is 4.21 Å². The maximum atomic E-state index is 12.8. The molecule has 1 aliphatic rings. The fraction of sp³-hybridized carbons (Fsp3) is 0.294. The molecule has 0 radical (unpaired) electrons. The molecular formula is C17H17N3O4S3. The number of benzene rings is 1.